The van der Waals surface area contributed by atoms with Gasteiger partial charge >= 0.3 is 0 Å². The SMILES string of the molecule is CCCOc1ccccc1N1C(=O)C(Cl)=C(c2ccc(F)cc2)C1=O. The molecule has 0 radical (unpaired) electrons. The van der Waals surface area contributed by atoms with Gasteiger partial charge in [0, 0.05) is 0 Å². The second-order valence-electron chi connectivity index (χ2n) is 5.46. The Hall–Kier alpha value is -2.66. The maximum Gasteiger partial charge on any atom is 0.277 e. The minimum Gasteiger partial charge on any atom is -0.491 e. The molecule has 0 unspecified atom stereocenters. The van der Waals surface area contributed by atoms with E-state index in [4.69, 9.17) is 16.3 Å². The number of nitrogens with zero attached hydrogens (tertiary/aromatic N) is 1. The Morgan fingerprint density at radius 3 is 2.40 bits per heavy atom. The Morgan fingerprint density at radius 2 is 1.72 bits per heavy atom. The van der Waals surface area contributed by atoms with E-state index in [1.54, 1.807) is 24.3 Å². The number of ether oxygens (including phenoxy) is 1. The predicted molar refractivity (Wildman–Crippen MR) is 93.9 cm³/mol. The fraction of sp³-hybridized carbons (Fsp3) is 0.158. The van der Waals surface area contributed by atoms with Gasteiger partial charge < -0.3 is 4.74 Å². The lowest BCUT2D eigenvalue weighted by Gasteiger charge is -2.18. The summed E-state index contributed by atoms with van der Waals surface area (Å²) < 4.78 is 18.8. The van der Waals surface area contributed by atoms with Crippen molar-refractivity contribution in [2.45, 2.75) is 13.3 Å². The van der Waals surface area contributed by atoms with E-state index in [0.717, 1.165) is 11.3 Å². The van der Waals surface area contributed by atoms with E-state index in [0.29, 0.717) is 23.6 Å². The molecule has 25 heavy (non-hydrogen) atoms. The average Bonchev–Trinajstić information content (AvgIpc) is 2.84. The smallest absolute Gasteiger partial charge is 0.277 e. The molecule has 4 nitrogen and oxygen atoms in total. The fourth-order valence-electron chi connectivity index (χ4n) is 2.56. The predicted octanol–water partition coefficient (Wildman–Crippen LogP) is 4.14. The van der Waals surface area contributed by atoms with E-state index in [-0.39, 0.29) is 10.6 Å². The first-order chi connectivity index (χ1) is 12.0. The largest absolute Gasteiger partial charge is 0.491 e. The highest BCUT2D eigenvalue weighted by Crippen LogP contribution is 2.38. The first-order valence-electron chi connectivity index (χ1n) is 7.81. The van der Waals surface area contributed by atoms with Crippen LogP contribution in [-0.4, -0.2) is 18.4 Å². The fourth-order valence-corrected chi connectivity index (χ4v) is 2.84. The summed E-state index contributed by atoms with van der Waals surface area (Å²) in [5.74, 6) is -1.20. The number of carbonyl (C=O) groups is 2. The van der Waals surface area contributed by atoms with E-state index in [1.807, 2.05) is 6.92 Å². The minimum absolute atomic E-state index is 0.0527. The molecule has 0 atom stereocenters. The van der Waals surface area contributed by atoms with E-state index < -0.39 is 17.6 Å². The summed E-state index contributed by atoms with van der Waals surface area (Å²) in [6, 6.07) is 12.0. The molecule has 0 bridgehead atoms. The number of hydrogen-bond donors (Lipinski definition) is 0. The lowest BCUT2D eigenvalue weighted by atomic mass is 10.1. The summed E-state index contributed by atoms with van der Waals surface area (Å²) in [6.45, 7) is 2.42. The molecule has 0 saturated carbocycles. The van der Waals surface area contributed by atoms with Gasteiger partial charge in [-0.1, -0.05) is 42.8 Å². The zero-order valence-corrected chi connectivity index (χ0v) is 14.2. The van der Waals surface area contributed by atoms with Crippen LogP contribution in [0.3, 0.4) is 0 Å². The number of anilines is 1. The van der Waals surface area contributed by atoms with Gasteiger partial charge in [-0.05, 0) is 36.2 Å². The van der Waals surface area contributed by atoms with Crippen LogP contribution in [0.4, 0.5) is 10.1 Å². The molecule has 0 spiro atoms. The van der Waals surface area contributed by atoms with Crippen LogP contribution in [0, 0.1) is 5.82 Å². The second kappa shape index (κ2) is 7.07. The standard InChI is InChI=1S/C19H15ClFNO3/c1-2-11-25-15-6-4-3-5-14(15)22-18(23)16(17(20)19(22)24)12-7-9-13(21)10-8-12/h3-10H,2,11H2,1H3. The van der Waals surface area contributed by atoms with E-state index in [1.165, 1.54) is 24.3 Å². The Kier molecular flexibility index (Phi) is 4.86. The van der Waals surface area contributed by atoms with Crippen LogP contribution in [-0.2, 0) is 9.59 Å². The highest BCUT2D eigenvalue weighted by atomic mass is 35.5. The van der Waals surface area contributed by atoms with Gasteiger partial charge in [0.1, 0.15) is 16.6 Å². The Morgan fingerprint density at radius 1 is 1.04 bits per heavy atom. The molecule has 0 aromatic heterocycles. The highest BCUT2D eigenvalue weighted by molar-refractivity contribution is 6.60. The van der Waals surface area contributed by atoms with Gasteiger partial charge in [-0.15, -0.1) is 0 Å². The van der Waals surface area contributed by atoms with Gasteiger partial charge in [-0.2, -0.15) is 0 Å². The molecule has 2 amide bonds. The highest BCUT2D eigenvalue weighted by Gasteiger charge is 2.40. The number of amides is 2. The molecule has 2 aromatic rings. The number of para-hydroxylation sites is 2. The molecule has 6 heteroatoms. The zero-order chi connectivity index (χ0) is 18.0. The molecule has 0 fully saturated rings. The van der Waals surface area contributed by atoms with Crippen LogP contribution in [0.25, 0.3) is 5.57 Å². The van der Waals surface area contributed by atoms with Gasteiger partial charge in [-0.25, -0.2) is 9.29 Å². The Balaban J connectivity index is 2.01. The maximum absolute atomic E-state index is 13.1. The molecule has 0 saturated heterocycles. The number of imide groups is 1. The van der Waals surface area contributed by atoms with Crippen molar-refractivity contribution >= 4 is 34.7 Å². The van der Waals surface area contributed by atoms with Gasteiger partial charge in [0.15, 0.2) is 0 Å². The topological polar surface area (TPSA) is 46.6 Å². The quantitative estimate of drug-likeness (QED) is 0.754. The first-order valence-corrected chi connectivity index (χ1v) is 8.18. The first kappa shape index (κ1) is 17.2. The summed E-state index contributed by atoms with van der Waals surface area (Å²) in [7, 11) is 0. The van der Waals surface area contributed by atoms with Gasteiger partial charge in [0.2, 0.25) is 0 Å². The van der Waals surface area contributed by atoms with Crippen molar-refractivity contribution in [1.29, 1.82) is 0 Å². The summed E-state index contributed by atoms with van der Waals surface area (Å²) in [6.07, 6.45) is 0.788. The third-order valence-electron chi connectivity index (χ3n) is 3.73. The van der Waals surface area contributed by atoms with E-state index in [9.17, 15) is 14.0 Å². The van der Waals surface area contributed by atoms with Crippen molar-refractivity contribution in [2.75, 3.05) is 11.5 Å². The van der Waals surface area contributed by atoms with Crippen LogP contribution in [0.15, 0.2) is 53.6 Å². The minimum atomic E-state index is -0.626. The molecule has 128 valence electrons. The molecule has 1 heterocycles. The molecule has 0 N–H and O–H groups in total. The molecule has 1 aliphatic heterocycles. The maximum atomic E-state index is 13.1. The van der Waals surface area contributed by atoms with Crippen LogP contribution in [0.5, 0.6) is 5.75 Å². The molecular formula is C19H15ClFNO3. The molecule has 0 aliphatic carbocycles. The number of halogens is 2. The van der Waals surface area contributed by atoms with E-state index >= 15 is 0 Å². The second-order valence-corrected chi connectivity index (χ2v) is 5.84. The van der Waals surface area contributed by atoms with Gasteiger partial charge in [0.05, 0.1) is 17.9 Å². The molecular weight excluding hydrogens is 345 g/mol. The summed E-state index contributed by atoms with van der Waals surface area (Å²) in [4.78, 5) is 26.4. The Labute approximate surface area is 149 Å². The summed E-state index contributed by atoms with van der Waals surface area (Å²) in [5, 5.41) is -0.193. The molecule has 1 aliphatic rings. The number of rotatable bonds is 5. The van der Waals surface area contributed by atoms with Gasteiger partial charge in [-0.3, -0.25) is 9.59 Å². The van der Waals surface area contributed by atoms with Crippen molar-refractivity contribution in [3.63, 3.8) is 0 Å². The third kappa shape index (κ3) is 3.15. The number of carbonyl (C=O) groups excluding carboxylic acids is 2. The number of hydrogen-bond acceptors (Lipinski definition) is 3. The zero-order valence-electron chi connectivity index (χ0n) is 13.5. The van der Waals surface area contributed by atoms with Crippen molar-refractivity contribution < 1.29 is 18.7 Å². The van der Waals surface area contributed by atoms with Crippen molar-refractivity contribution in [3.05, 3.63) is 64.9 Å². The average molecular weight is 360 g/mol. The summed E-state index contributed by atoms with van der Waals surface area (Å²) in [5.41, 5.74) is 0.775. The lowest BCUT2D eigenvalue weighted by molar-refractivity contribution is -0.119. The summed E-state index contributed by atoms with van der Waals surface area (Å²) >= 11 is 6.13. The lowest BCUT2D eigenvalue weighted by Crippen LogP contribution is -2.31. The third-order valence-corrected chi connectivity index (χ3v) is 4.08. The van der Waals surface area contributed by atoms with Crippen LogP contribution >= 0.6 is 11.6 Å². The molecule has 3 rings (SSSR count). The van der Waals surface area contributed by atoms with Crippen LogP contribution in [0.2, 0.25) is 0 Å². The van der Waals surface area contributed by atoms with Crippen molar-refractivity contribution in [2.24, 2.45) is 0 Å². The van der Waals surface area contributed by atoms with E-state index in [2.05, 4.69) is 0 Å². The van der Waals surface area contributed by atoms with Gasteiger partial charge in [0.25, 0.3) is 11.8 Å². The van der Waals surface area contributed by atoms with Crippen LogP contribution < -0.4 is 9.64 Å². The monoisotopic (exact) mass is 359 g/mol. The normalized spacial score (nSPS) is 14.4. The molecule has 2 aromatic carbocycles. The van der Waals surface area contributed by atoms with Crippen molar-refractivity contribution in [1.82, 2.24) is 0 Å². The Bertz CT molecular complexity index is 861. The number of benzene rings is 2. The van der Waals surface area contributed by atoms with Crippen molar-refractivity contribution in [3.8, 4) is 5.75 Å². The van der Waals surface area contributed by atoms with Crippen LogP contribution in [0.1, 0.15) is 18.9 Å².